The number of fused-ring (bicyclic) bond motifs is 1. The number of carbonyl (C=O) groups is 1. The predicted octanol–water partition coefficient (Wildman–Crippen LogP) is 1.49. The first-order chi connectivity index (χ1) is 14.1. The second-order valence-electron chi connectivity index (χ2n) is 6.79. The van der Waals surface area contributed by atoms with Gasteiger partial charge in [-0.15, -0.1) is 0 Å². The van der Waals surface area contributed by atoms with Gasteiger partial charge in [-0.05, 0) is 19.4 Å². The molecule has 14 heteroatoms. The minimum atomic E-state index is -4.34. The third-order valence-corrected chi connectivity index (χ3v) is 6.03. The maximum Gasteiger partial charge on any atom is 0.475 e. The Kier molecular flexibility index (Phi) is 6.58. The van der Waals surface area contributed by atoms with Crippen molar-refractivity contribution in [2.45, 2.75) is 44.6 Å². The number of esters is 1. The predicted molar refractivity (Wildman–Crippen MR) is 96.6 cm³/mol. The van der Waals surface area contributed by atoms with E-state index < -0.39 is 56.4 Å². The number of nitrogens with zero attached hydrogens (tertiary/aromatic N) is 2. The van der Waals surface area contributed by atoms with Gasteiger partial charge in [0.05, 0.1) is 25.7 Å². The molecule has 3 rings (SSSR count). The zero-order chi connectivity index (χ0) is 22.1. The van der Waals surface area contributed by atoms with Crippen molar-refractivity contribution >= 4 is 19.6 Å². The van der Waals surface area contributed by atoms with E-state index in [1.165, 1.54) is 6.07 Å². The molecular formula is C16H22F2N3O8P. The number of hydrogen-bond acceptors (Lipinski definition) is 10. The van der Waals surface area contributed by atoms with Gasteiger partial charge in [-0.3, -0.25) is 22.9 Å². The molecule has 3 heterocycles. The van der Waals surface area contributed by atoms with E-state index in [1.54, 1.807) is 13.8 Å². The van der Waals surface area contributed by atoms with Crippen molar-refractivity contribution in [2.24, 2.45) is 5.92 Å². The van der Waals surface area contributed by atoms with Gasteiger partial charge in [0.15, 0.2) is 6.10 Å². The number of hydrogen-bond donors (Lipinski definition) is 1. The molecule has 5 atom stereocenters. The van der Waals surface area contributed by atoms with E-state index in [4.69, 9.17) is 28.8 Å². The number of carbonyl (C=O) groups excluding carboxylic acids is 1. The number of nitrogens with two attached hydrogens (primary N) is 1. The molecule has 2 aliphatic rings. The van der Waals surface area contributed by atoms with Crippen LogP contribution in [0.25, 0.3) is 0 Å². The van der Waals surface area contributed by atoms with Gasteiger partial charge in [0, 0.05) is 6.20 Å². The Hall–Kier alpha value is -1.92. The fourth-order valence-corrected chi connectivity index (χ4v) is 4.39. The van der Waals surface area contributed by atoms with Gasteiger partial charge in [0.25, 0.3) is 0 Å². The topological polar surface area (TPSA) is 141 Å². The van der Waals surface area contributed by atoms with Crippen LogP contribution >= 0.6 is 7.82 Å². The monoisotopic (exact) mass is 453 g/mol. The molecule has 2 saturated heterocycles. The minimum absolute atomic E-state index is 0.117. The lowest BCUT2D eigenvalue weighted by atomic mass is 10.1. The average Bonchev–Trinajstić information content (AvgIpc) is 2.92. The molecule has 168 valence electrons. The molecule has 0 spiro atoms. The Balaban J connectivity index is 1.66. The summed E-state index contributed by atoms with van der Waals surface area (Å²) < 4.78 is 68.2. The van der Waals surface area contributed by atoms with Crippen LogP contribution in [0.15, 0.2) is 17.1 Å². The Bertz CT molecular complexity index is 897. The van der Waals surface area contributed by atoms with E-state index in [2.05, 4.69) is 4.98 Å². The number of phosphoric acid groups is 1. The van der Waals surface area contributed by atoms with Crippen LogP contribution in [0.5, 0.6) is 0 Å². The molecule has 1 aromatic heterocycles. The van der Waals surface area contributed by atoms with Crippen molar-refractivity contribution in [1.82, 2.24) is 9.55 Å². The fraction of sp³-hybridized carbons (Fsp3) is 0.688. The molecule has 0 radical (unpaired) electrons. The van der Waals surface area contributed by atoms with Gasteiger partial charge in [0.2, 0.25) is 6.23 Å². The zero-order valence-electron chi connectivity index (χ0n) is 16.2. The van der Waals surface area contributed by atoms with Crippen LogP contribution in [0, 0.1) is 5.92 Å². The van der Waals surface area contributed by atoms with E-state index >= 15 is 0 Å². The molecule has 30 heavy (non-hydrogen) atoms. The van der Waals surface area contributed by atoms with Crippen molar-refractivity contribution in [2.75, 3.05) is 25.6 Å². The number of phosphoric ester groups is 1. The molecule has 0 bridgehead atoms. The Morgan fingerprint density at radius 1 is 1.53 bits per heavy atom. The van der Waals surface area contributed by atoms with Gasteiger partial charge in [0.1, 0.15) is 11.9 Å². The maximum absolute atomic E-state index is 14.9. The summed E-state index contributed by atoms with van der Waals surface area (Å²) in [6.45, 7) is 2.70. The van der Waals surface area contributed by atoms with Crippen LogP contribution in [-0.4, -0.2) is 53.5 Å². The smallest absolute Gasteiger partial charge is 0.466 e. The van der Waals surface area contributed by atoms with E-state index in [-0.39, 0.29) is 25.5 Å². The summed E-state index contributed by atoms with van der Waals surface area (Å²) in [5, 5.41) is 0. The van der Waals surface area contributed by atoms with Gasteiger partial charge >= 0.3 is 25.4 Å². The number of alkyl halides is 2. The lowest BCUT2D eigenvalue weighted by Gasteiger charge is -2.31. The van der Waals surface area contributed by atoms with Crippen molar-refractivity contribution in [3.63, 3.8) is 0 Å². The van der Waals surface area contributed by atoms with Gasteiger partial charge in [-0.2, -0.15) is 13.8 Å². The summed E-state index contributed by atoms with van der Waals surface area (Å²) >= 11 is 0. The average molecular weight is 453 g/mol. The molecule has 0 aromatic carbocycles. The molecule has 2 fully saturated rings. The maximum atomic E-state index is 14.9. The van der Waals surface area contributed by atoms with Crippen molar-refractivity contribution in [3.05, 3.63) is 22.7 Å². The van der Waals surface area contributed by atoms with Crippen LogP contribution in [0.1, 0.15) is 26.5 Å². The summed E-state index contributed by atoms with van der Waals surface area (Å²) in [6, 6.07) is 1.17. The molecule has 1 aromatic rings. The molecular weight excluding hydrogens is 431 g/mol. The summed E-state index contributed by atoms with van der Waals surface area (Å²) in [6.07, 6.45) is -4.18. The quantitative estimate of drug-likeness (QED) is 0.477. The number of anilines is 1. The third-order valence-electron chi connectivity index (χ3n) is 4.58. The first-order valence-corrected chi connectivity index (χ1v) is 10.7. The molecule has 2 aliphatic heterocycles. The second kappa shape index (κ2) is 8.67. The SMILES string of the molecule is CCOC(=O)[C@H](C)CCOP1(=O)OC[C@H]2O[C@@H](n3ccc(N)nc3=O)C(F)(F)[C@@H]2O1. The first kappa shape index (κ1) is 22.8. The fourth-order valence-electron chi connectivity index (χ4n) is 2.98. The molecule has 0 aliphatic carbocycles. The zero-order valence-corrected chi connectivity index (χ0v) is 17.1. The minimum Gasteiger partial charge on any atom is -0.466 e. The standard InChI is InChI=1S/C16H22F2N3O8P/c1-3-25-13(22)9(2)5-7-26-30(24)27-8-10-12(29-30)16(17,18)14(28-10)21-6-4-11(19)20-15(21)23/h4,6,9-10,12,14H,3,5,7-8H2,1-2H3,(H2,19,20,23)/t9-,10-,12-,14-,30?/m1/s1. The van der Waals surface area contributed by atoms with Crippen molar-refractivity contribution in [1.29, 1.82) is 0 Å². The first-order valence-electron chi connectivity index (χ1n) is 9.19. The highest BCUT2D eigenvalue weighted by Gasteiger charge is 2.65. The van der Waals surface area contributed by atoms with Crippen LogP contribution in [0.2, 0.25) is 0 Å². The molecule has 2 N–H and O–H groups in total. The molecule has 11 nitrogen and oxygen atoms in total. The van der Waals surface area contributed by atoms with Gasteiger partial charge < -0.3 is 15.2 Å². The van der Waals surface area contributed by atoms with Crippen LogP contribution in [0.3, 0.4) is 0 Å². The third kappa shape index (κ3) is 4.54. The van der Waals surface area contributed by atoms with Gasteiger partial charge in [-0.25, -0.2) is 9.36 Å². The van der Waals surface area contributed by atoms with Crippen molar-refractivity contribution in [3.8, 4) is 0 Å². The number of aromatic nitrogens is 2. The van der Waals surface area contributed by atoms with Crippen LogP contribution in [0.4, 0.5) is 14.6 Å². The summed E-state index contributed by atoms with van der Waals surface area (Å²) in [5.74, 6) is -4.90. The van der Waals surface area contributed by atoms with E-state index in [0.717, 1.165) is 6.20 Å². The number of nitrogen functional groups attached to an aromatic ring is 1. The summed E-state index contributed by atoms with van der Waals surface area (Å²) in [7, 11) is -4.34. The molecule has 1 unspecified atom stereocenters. The number of halogens is 2. The van der Waals surface area contributed by atoms with Gasteiger partial charge in [-0.1, -0.05) is 6.92 Å². The highest BCUT2D eigenvalue weighted by atomic mass is 31.2. The van der Waals surface area contributed by atoms with Crippen LogP contribution in [-0.2, 0) is 32.4 Å². The molecule has 0 saturated carbocycles. The normalized spacial score (nSPS) is 31.1. The highest BCUT2D eigenvalue weighted by molar-refractivity contribution is 7.48. The largest absolute Gasteiger partial charge is 0.475 e. The molecule has 0 amide bonds. The Morgan fingerprint density at radius 3 is 2.93 bits per heavy atom. The van der Waals surface area contributed by atoms with E-state index in [9.17, 15) is 22.9 Å². The number of ether oxygens (including phenoxy) is 2. The number of rotatable bonds is 7. The second-order valence-corrected chi connectivity index (χ2v) is 8.41. The lowest BCUT2D eigenvalue weighted by Crippen LogP contribution is -2.45. The van der Waals surface area contributed by atoms with Crippen molar-refractivity contribution < 1.29 is 41.2 Å². The lowest BCUT2D eigenvalue weighted by molar-refractivity contribution is -0.148. The van der Waals surface area contributed by atoms with Crippen LogP contribution < -0.4 is 11.4 Å². The summed E-state index contributed by atoms with van der Waals surface area (Å²) in [4.78, 5) is 26.9. The Labute approximate surface area is 170 Å². The van der Waals surface area contributed by atoms with E-state index in [1.807, 2.05) is 0 Å². The Morgan fingerprint density at radius 2 is 2.27 bits per heavy atom. The highest BCUT2D eigenvalue weighted by Crippen LogP contribution is 2.59. The summed E-state index contributed by atoms with van der Waals surface area (Å²) in [5.41, 5.74) is 4.33. The van der Waals surface area contributed by atoms with E-state index in [0.29, 0.717) is 4.57 Å².